The highest BCUT2D eigenvalue weighted by atomic mass is 35.5. The summed E-state index contributed by atoms with van der Waals surface area (Å²) in [6, 6.07) is 19.5. The zero-order valence-corrected chi connectivity index (χ0v) is 27.9. The number of nitrogens with one attached hydrogen (secondary N) is 1. The number of sulfonamides is 1. The fraction of sp³-hybridized carbons (Fsp3) is 0.412. The summed E-state index contributed by atoms with van der Waals surface area (Å²) in [6.07, 6.45) is 5.70. The van der Waals surface area contributed by atoms with Gasteiger partial charge in [0.2, 0.25) is 21.8 Å². The zero-order valence-electron chi connectivity index (χ0n) is 25.6. The summed E-state index contributed by atoms with van der Waals surface area (Å²) in [5, 5.41) is 4.00. The summed E-state index contributed by atoms with van der Waals surface area (Å²) in [4.78, 5) is 29.6. The van der Waals surface area contributed by atoms with E-state index in [-0.39, 0.29) is 43.8 Å². The Morgan fingerprint density at radius 1 is 0.932 bits per heavy atom. The first kappa shape index (κ1) is 33.8. The predicted molar refractivity (Wildman–Crippen MR) is 179 cm³/mol. The molecule has 0 radical (unpaired) electrons. The Morgan fingerprint density at radius 3 is 2.20 bits per heavy atom. The molecule has 3 aromatic carbocycles. The van der Waals surface area contributed by atoms with Gasteiger partial charge in [-0.05, 0) is 74.1 Å². The molecule has 10 heteroatoms. The Labute approximate surface area is 271 Å². The quantitative estimate of drug-likeness (QED) is 0.218. The number of anilines is 1. The predicted octanol–water partition coefficient (Wildman–Crippen LogP) is 6.86. The van der Waals surface area contributed by atoms with E-state index < -0.39 is 16.1 Å². The third-order valence-electron chi connectivity index (χ3n) is 8.29. The number of hydrogen-bond donors (Lipinski definition) is 1. The van der Waals surface area contributed by atoms with Crippen molar-refractivity contribution in [3.05, 3.63) is 99.0 Å². The number of amides is 2. The number of hydrogen-bond acceptors (Lipinski definition) is 4. The van der Waals surface area contributed by atoms with E-state index in [9.17, 15) is 18.0 Å². The van der Waals surface area contributed by atoms with E-state index in [0.717, 1.165) is 42.4 Å². The van der Waals surface area contributed by atoms with Crippen LogP contribution in [0.5, 0.6) is 0 Å². The van der Waals surface area contributed by atoms with Gasteiger partial charge in [-0.3, -0.25) is 13.9 Å². The molecule has 0 bridgehead atoms. The number of benzene rings is 3. The summed E-state index contributed by atoms with van der Waals surface area (Å²) in [6.45, 7) is 4.06. The molecule has 1 atom stereocenters. The van der Waals surface area contributed by atoms with Crippen molar-refractivity contribution < 1.29 is 18.0 Å². The molecule has 2 amide bonds. The lowest BCUT2D eigenvalue weighted by Gasteiger charge is -2.33. The van der Waals surface area contributed by atoms with E-state index in [4.69, 9.17) is 23.2 Å². The second-order valence-electron chi connectivity index (χ2n) is 11.6. The molecule has 0 aromatic heterocycles. The summed E-state index contributed by atoms with van der Waals surface area (Å²) in [5.74, 6) is -0.498. The molecule has 44 heavy (non-hydrogen) atoms. The maximum atomic E-state index is 14.1. The minimum atomic E-state index is -3.60. The fourth-order valence-corrected chi connectivity index (χ4v) is 7.13. The van der Waals surface area contributed by atoms with Crippen LogP contribution in [0, 0.1) is 13.8 Å². The number of carbonyl (C=O) groups excluding carboxylic acids is 2. The Hall–Kier alpha value is -3.07. The molecule has 1 aliphatic rings. The van der Waals surface area contributed by atoms with Crippen molar-refractivity contribution in [3.8, 4) is 0 Å². The van der Waals surface area contributed by atoms with Crippen LogP contribution in [0.15, 0.2) is 66.7 Å². The molecule has 7 nitrogen and oxygen atoms in total. The first-order valence-corrected chi connectivity index (χ1v) is 17.7. The van der Waals surface area contributed by atoms with Gasteiger partial charge in [0.05, 0.1) is 11.9 Å². The van der Waals surface area contributed by atoms with Crippen molar-refractivity contribution in [2.45, 2.75) is 77.4 Å². The minimum absolute atomic E-state index is 0.0287. The van der Waals surface area contributed by atoms with Crippen molar-refractivity contribution in [2.24, 2.45) is 0 Å². The van der Waals surface area contributed by atoms with Crippen LogP contribution in [0.4, 0.5) is 5.69 Å². The highest BCUT2D eigenvalue weighted by molar-refractivity contribution is 7.92. The van der Waals surface area contributed by atoms with E-state index in [2.05, 4.69) is 5.32 Å². The lowest BCUT2D eigenvalue weighted by molar-refractivity contribution is -0.141. The second kappa shape index (κ2) is 15.3. The second-order valence-corrected chi connectivity index (χ2v) is 14.3. The molecule has 0 unspecified atom stereocenters. The van der Waals surface area contributed by atoms with Crippen LogP contribution in [0.3, 0.4) is 0 Å². The Morgan fingerprint density at radius 2 is 1.59 bits per heavy atom. The van der Waals surface area contributed by atoms with Gasteiger partial charge in [0.25, 0.3) is 0 Å². The average molecular weight is 659 g/mol. The highest BCUT2D eigenvalue weighted by Gasteiger charge is 2.33. The van der Waals surface area contributed by atoms with E-state index in [1.807, 2.05) is 56.3 Å². The molecule has 1 fully saturated rings. The number of rotatable bonds is 13. The van der Waals surface area contributed by atoms with Crippen molar-refractivity contribution >= 4 is 50.7 Å². The van der Waals surface area contributed by atoms with Crippen LogP contribution in [0.25, 0.3) is 0 Å². The molecular formula is C34H41Cl2N3O4S. The van der Waals surface area contributed by atoms with Gasteiger partial charge < -0.3 is 10.2 Å². The lowest BCUT2D eigenvalue weighted by Crippen LogP contribution is -2.52. The third-order valence-corrected chi connectivity index (χ3v) is 10.2. The van der Waals surface area contributed by atoms with Crippen LogP contribution in [-0.4, -0.2) is 50.0 Å². The maximum Gasteiger partial charge on any atom is 0.243 e. The van der Waals surface area contributed by atoms with E-state index in [1.165, 1.54) is 10.6 Å². The zero-order chi connectivity index (χ0) is 31.9. The molecule has 1 N–H and O–H groups in total. The van der Waals surface area contributed by atoms with Crippen molar-refractivity contribution in [1.82, 2.24) is 10.2 Å². The lowest BCUT2D eigenvalue weighted by atomic mass is 10.0. The molecule has 3 aromatic rings. The Balaban J connectivity index is 1.62. The molecule has 0 aliphatic heterocycles. The monoisotopic (exact) mass is 657 g/mol. The highest BCUT2D eigenvalue weighted by Crippen LogP contribution is 2.28. The maximum absolute atomic E-state index is 14.1. The van der Waals surface area contributed by atoms with Crippen LogP contribution in [-0.2, 0) is 32.6 Å². The number of nitrogens with zero attached hydrogens (tertiary/aromatic N) is 2. The number of aryl methyl sites for hydroxylation is 2. The summed E-state index contributed by atoms with van der Waals surface area (Å²) < 4.78 is 26.9. The van der Waals surface area contributed by atoms with Crippen LogP contribution in [0.1, 0.15) is 60.8 Å². The van der Waals surface area contributed by atoms with Gasteiger partial charge in [-0.15, -0.1) is 0 Å². The average Bonchev–Trinajstić information content (AvgIpc) is 3.49. The van der Waals surface area contributed by atoms with Crippen molar-refractivity contribution in [1.29, 1.82) is 0 Å². The molecular weight excluding hydrogens is 617 g/mol. The normalized spacial score (nSPS) is 14.3. The number of halogens is 2. The van der Waals surface area contributed by atoms with Gasteiger partial charge >= 0.3 is 0 Å². The van der Waals surface area contributed by atoms with Crippen LogP contribution < -0.4 is 9.62 Å². The van der Waals surface area contributed by atoms with Gasteiger partial charge in [0.15, 0.2) is 0 Å². The molecule has 1 aliphatic carbocycles. The summed E-state index contributed by atoms with van der Waals surface area (Å²) >= 11 is 13.1. The summed E-state index contributed by atoms with van der Waals surface area (Å²) in [7, 11) is -3.60. The summed E-state index contributed by atoms with van der Waals surface area (Å²) in [5.41, 5.74) is 4.07. The van der Waals surface area contributed by atoms with Crippen LogP contribution in [0.2, 0.25) is 10.0 Å². The molecule has 0 saturated heterocycles. The third kappa shape index (κ3) is 8.99. The standard InChI is InChI=1S/C34H41Cl2N3O4S/c1-24-18-19-28(21-25(24)2)39(44(3,42)43)20-10-17-33(40)38(23-29-30(35)15-9-16-31(29)36)32(22-26-11-5-4-6-12-26)34(41)37-27-13-7-8-14-27/h4-6,9,11-12,15-16,18-19,21,27,32H,7-8,10,13-14,17,20,22-23H2,1-3H3,(H,37,41)/t32-/m1/s1. The van der Waals surface area contributed by atoms with E-state index in [1.54, 1.807) is 29.2 Å². The number of carbonyl (C=O) groups is 2. The van der Waals surface area contributed by atoms with Crippen molar-refractivity contribution in [2.75, 3.05) is 17.1 Å². The molecule has 0 heterocycles. The fourth-order valence-electron chi connectivity index (χ4n) is 5.66. The first-order chi connectivity index (χ1) is 20.9. The Kier molecular flexibility index (Phi) is 11.7. The van der Waals surface area contributed by atoms with E-state index >= 15 is 0 Å². The smallest absolute Gasteiger partial charge is 0.243 e. The molecule has 236 valence electrons. The first-order valence-electron chi connectivity index (χ1n) is 15.1. The SMILES string of the molecule is Cc1ccc(N(CCCC(=O)N(Cc2c(Cl)cccc2Cl)[C@H](Cc2ccccc2)C(=O)NC2CCCC2)S(C)(=O)=O)cc1C. The Bertz CT molecular complexity index is 1540. The molecule has 0 spiro atoms. The van der Waals surface area contributed by atoms with Crippen LogP contribution >= 0.6 is 23.2 Å². The van der Waals surface area contributed by atoms with Gasteiger partial charge in [-0.25, -0.2) is 8.42 Å². The van der Waals surface area contributed by atoms with Gasteiger partial charge in [0, 0.05) is 47.6 Å². The molecule has 4 rings (SSSR count). The van der Waals surface area contributed by atoms with Gasteiger partial charge in [-0.1, -0.05) is 78.5 Å². The minimum Gasteiger partial charge on any atom is -0.352 e. The largest absolute Gasteiger partial charge is 0.352 e. The van der Waals surface area contributed by atoms with Gasteiger partial charge in [0.1, 0.15) is 6.04 Å². The van der Waals surface area contributed by atoms with Gasteiger partial charge in [-0.2, -0.15) is 0 Å². The van der Waals surface area contributed by atoms with Crippen molar-refractivity contribution in [3.63, 3.8) is 0 Å². The van der Waals surface area contributed by atoms with E-state index in [0.29, 0.717) is 27.7 Å². The topological polar surface area (TPSA) is 86.8 Å². The molecule has 1 saturated carbocycles.